The van der Waals surface area contributed by atoms with E-state index in [-0.39, 0.29) is 6.54 Å². The molecule has 0 unspecified atom stereocenters. The Hall–Kier alpha value is -2.05. The van der Waals surface area contributed by atoms with E-state index in [2.05, 4.69) is 4.99 Å². The summed E-state index contributed by atoms with van der Waals surface area (Å²) in [5, 5.41) is 0. The molecule has 136 valence electrons. The molecule has 0 aromatic carbocycles. The second-order valence-corrected chi connectivity index (χ2v) is 7.26. The number of nitrogens with zero attached hydrogens (tertiary/aromatic N) is 2. The van der Waals surface area contributed by atoms with Gasteiger partial charge in [0.25, 0.3) is 0 Å². The van der Waals surface area contributed by atoms with Crippen LogP contribution in [0.4, 0.5) is 4.79 Å². The Morgan fingerprint density at radius 1 is 1.33 bits per heavy atom. The molecule has 7 heteroatoms. The van der Waals surface area contributed by atoms with Gasteiger partial charge < -0.3 is 15.2 Å². The fraction of sp³-hybridized carbons (Fsp3) is 0.706. The van der Waals surface area contributed by atoms with Crippen LogP contribution in [0.15, 0.2) is 16.3 Å². The number of aliphatic imine (C=N–C) groups is 1. The summed E-state index contributed by atoms with van der Waals surface area (Å²) in [6.45, 7) is 13.1. The predicted octanol–water partition coefficient (Wildman–Crippen LogP) is 2.25. The molecule has 1 aliphatic heterocycles. The monoisotopic (exact) mass is 339 g/mol. The van der Waals surface area contributed by atoms with Gasteiger partial charge in [0, 0.05) is 11.3 Å². The molecule has 7 nitrogen and oxygen atoms in total. The number of esters is 1. The highest BCUT2D eigenvalue weighted by atomic mass is 16.6. The van der Waals surface area contributed by atoms with Gasteiger partial charge >= 0.3 is 12.1 Å². The first kappa shape index (κ1) is 20.0. The molecular weight excluding hydrogens is 310 g/mol. The first-order valence-electron chi connectivity index (χ1n) is 8.07. The lowest BCUT2D eigenvalue weighted by molar-refractivity contribution is -0.141. The maximum atomic E-state index is 12.5. The number of carbonyl (C=O) groups excluding carboxylic acids is 2. The number of carbonyl (C=O) groups is 2. The van der Waals surface area contributed by atoms with Crippen molar-refractivity contribution >= 4 is 17.8 Å². The summed E-state index contributed by atoms with van der Waals surface area (Å²) in [7, 11) is 0. The zero-order valence-electron chi connectivity index (χ0n) is 15.7. The third kappa shape index (κ3) is 4.72. The molecule has 1 rings (SSSR count). The van der Waals surface area contributed by atoms with E-state index in [4.69, 9.17) is 15.2 Å². The van der Waals surface area contributed by atoms with E-state index in [0.717, 1.165) is 5.57 Å². The first-order valence-corrected chi connectivity index (χ1v) is 8.07. The van der Waals surface area contributed by atoms with Crippen LogP contribution in [0, 0.1) is 0 Å². The van der Waals surface area contributed by atoms with Gasteiger partial charge in [0.05, 0.1) is 24.4 Å². The van der Waals surface area contributed by atoms with E-state index in [1.54, 1.807) is 18.7 Å². The molecule has 0 spiro atoms. The average Bonchev–Trinajstić information content (AvgIpc) is 2.66. The number of likely N-dealkylation sites (tertiary alicyclic amines) is 1. The molecule has 1 amide bonds. The molecule has 1 fully saturated rings. The lowest BCUT2D eigenvalue weighted by atomic mass is 9.96. The molecule has 2 N–H and O–H groups in total. The highest BCUT2D eigenvalue weighted by Crippen LogP contribution is 2.32. The van der Waals surface area contributed by atoms with Crippen LogP contribution in [0.1, 0.15) is 48.5 Å². The van der Waals surface area contributed by atoms with Crippen molar-refractivity contribution in [2.24, 2.45) is 10.7 Å². The number of hydrogen-bond donors (Lipinski definition) is 1. The molecular formula is C17H29N3O4. The maximum Gasteiger partial charge on any atom is 0.411 e. The summed E-state index contributed by atoms with van der Waals surface area (Å²) in [6.07, 6.45) is -0.437. The number of amides is 1. The minimum Gasteiger partial charge on any atom is -0.465 e. The lowest BCUT2D eigenvalue weighted by Crippen LogP contribution is -2.48. The van der Waals surface area contributed by atoms with Gasteiger partial charge in [-0.2, -0.15) is 0 Å². The predicted molar refractivity (Wildman–Crippen MR) is 92.8 cm³/mol. The van der Waals surface area contributed by atoms with Crippen molar-refractivity contribution in [3.63, 3.8) is 0 Å². The first-order chi connectivity index (χ1) is 10.9. The van der Waals surface area contributed by atoms with Crippen LogP contribution in [-0.2, 0) is 14.3 Å². The Bertz CT molecular complexity index is 567. The largest absolute Gasteiger partial charge is 0.465 e. The number of allylic oxidation sites excluding steroid dienone is 1. The van der Waals surface area contributed by atoms with E-state index < -0.39 is 23.2 Å². The molecule has 0 aliphatic carbocycles. The van der Waals surface area contributed by atoms with Crippen LogP contribution in [0.25, 0.3) is 0 Å². The van der Waals surface area contributed by atoms with Crippen LogP contribution in [0.2, 0.25) is 0 Å². The van der Waals surface area contributed by atoms with Gasteiger partial charge in [-0.1, -0.05) is 0 Å². The number of hydrogen-bond acceptors (Lipinski definition) is 6. The molecule has 0 bridgehead atoms. The Morgan fingerprint density at radius 3 is 2.38 bits per heavy atom. The summed E-state index contributed by atoms with van der Waals surface area (Å²) in [4.78, 5) is 30.1. The lowest BCUT2D eigenvalue weighted by Gasteiger charge is -2.33. The van der Waals surface area contributed by atoms with Crippen molar-refractivity contribution in [1.82, 2.24) is 4.90 Å². The topological polar surface area (TPSA) is 94.2 Å². The van der Waals surface area contributed by atoms with Crippen molar-refractivity contribution < 1.29 is 19.1 Å². The van der Waals surface area contributed by atoms with Gasteiger partial charge in [-0.3, -0.25) is 14.7 Å². The van der Waals surface area contributed by atoms with E-state index >= 15 is 0 Å². The fourth-order valence-electron chi connectivity index (χ4n) is 2.49. The molecule has 0 saturated carbocycles. The van der Waals surface area contributed by atoms with E-state index in [9.17, 15) is 9.59 Å². The highest BCUT2D eigenvalue weighted by molar-refractivity contribution is 6.12. The third-order valence-electron chi connectivity index (χ3n) is 3.62. The molecule has 1 saturated heterocycles. The van der Waals surface area contributed by atoms with Crippen molar-refractivity contribution in [3.05, 3.63) is 11.3 Å². The third-order valence-corrected chi connectivity index (χ3v) is 3.62. The number of ether oxygens (including phenoxy) is 2. The van der Waals surface area contributed by atoms with Gasteiger partial charge in [0.2, 0.25) is 0 Å². The Balaban J connectivity index is 3.14. The van der Waals surface area contributed by atoms with Crippen LogP contribution < -0.4 is 5.73 Å². The zero-order valence-corrected chi connectivity index (χ0v) is 15.7. The summed E-state index contributed by atoms with van der Waals surface area (Å²) in [6, 6.07) is 0. The van der Waals surface area contributed by atoms with E-state index in [1.807, 2.05) is 34.6 Å². The smallest absolute Gasteiger partial charge is 0.411 e. The van der Waals surface area contributed by atoms with Crippen LogP contribution in [-0.4, -0.2) is 53.5 Å². The summed E-state index contributed by atoms with van der Waals surface area (Å²) >= 11 is 0. The minimum absolute atomic E-state index is 0.106. The van der Waals surface area contributed by atoms with E-state index in [0.29, 0.717) is 24.6 Å². The van der Waals surface area contributed by atoms with E-state index in [1.165, 1.54) is 0 Å². The zero-order chi connectivity index (χ0) is 18.7. The van der Waals surface area contributed by atoms with Crippen LogP contribution >= 0.6 is 0 Å². The molecule has 1 heterocycles. The maximum absolute atomic E-state index is 12.5. The summed E-state index contributed by atoms with van der Waals surface area (Å²) in [5.41, 5.74) is 6.56. The molecule has 0 aromatic heterocycles. The number of rotatable bonds is 3. The van der Waals surface area contributed by atoms with Gasteiger partial charge in [-0.05, 0) is 48.5 Å². The molecule has 24 heavy (non-hydrogen) atoms. The Kier molecular flexibility index (Phi) is 6.03. The molecule has 1 aliphatic rings. The second-order valence-electron chi connectivity index (χ2n) is 7.26. The SMILES string of the molecule is CCOC(=O)CN=C1C(=C(C)N)CN(C(=O)OC(C)(C)C)C1(C)C. The quantitative estimate of drug-likeness (QED) is 0.796. The second kappa shape index (κ2) is 7.23. The van der Waals surface area contributed by atoms with Gasteiger partial charge in [-0.25, -0.2) is 4.79 Å². The minimum atomic E-state index is -0.731. The summed E-state index contributed by atoms with van der Waals surface area (Å²) in [5.74, 6) is -0.412. The van der Waals surface area contributed by atoms with Crippen molar-refractivity contribution in [2.75, 3.05) is 19.7 Å². The van der Waals surface area contributed by atoms with Crippen molar-refractivity contribution in [1.29, 1.82) is 0 Å². The summed E-state index contributed by atoms with van der Waals surface area (Å²) < 4.78 is 10.4. The molecule has 0 radical (unpaired) electrons. The van der Waals surface area contributed by atoms with Crippen LogP contribution in [0.5, 0.6) is 0 Å². The standard InChI is InChI=1S/C17H29N3O4/c1-8-23-13(21)9-19-14-12(11(2)18)10-20(17(14,6)7)15(22)24-16(3,4)5/h8-10,18H2,1-7H3. The average molecular weight is 339 g/mol. The van der Waals surface area contributed by atoms with Gasteiger partial charge in [0.15, 0.2) is 0 Å². The van der Waals surface area contributed by atoms with Crippen molar-refractivity contribution in [3.8, 4) is 0 Å². The highest BCUT2D eigenvalue weighted by Gasteiger charge is 2.46. The number of nitrogens with two attached hydrogens (primary N) is 1. The Morgan fingerprint density at radius 2 is 1.92 bits per heavy atom. The van der Waals surface area contributed by atoms with Gasteiger partial charge in [-0.15, -0.1) is 0 Å². The van der Waals surface area contributed by atoms with Gasteiger partial charge in [0.1, 0.15) is 12.1 Å². The molecule has 0 atom stereocenters. The Labute approximate surface area is 143 Å². The van der Waals surface area contributed by atoms with Crippen molar-refractivity contribution in [2.45, 2.75) is 59.6 Å². The molecule has 0 aromatic rings. The normalized spacial score (nSPS) is 21.0. The fourth-order valence-corrected chi connectivity index (χ4v) is 2.49. The van der Waals surface area contributed by atoms with Crippen LogP contribution in [0.3, 0.4) is 0 Å².